The molecule has 0 aromatic heterocycles. The largest absolute Gasteiger partial charge is 0.339 e. The van der Waals surface area contributed by atoms with E-state index in [2.05, 4.69) is 63.2 Å². The Hall–Kier alpha value is -2.17. The third kappa shape index (κ3) is 4.10. The van der Waals surface area contributed by atoms with Gasteiger partial charge in [-0.25, -0.2) is 0 Å². The minimum Gasteiger partial charge on any atom is -0.339 e. The normalized spacial score (nSPS) is 20.9. The topological polar surface area (TPSA) is 26.8 Å². The highest BCUT2D eigenvalue weighted by Gasteiger charge is 2.30. The van der Waals surface area contributed by atoms with Gasteiger partial charge in [0.2, 0.25) is 5.91 Å². The SMILES string of the molecule is O=C(CN1CCc2cc(-c3ccccc3)ccc2C1)N1CCN(C2CCC2)CC1. The Balaban J connectivity index is 1.16. The van der Waals surface area contributed by atoms with Crippen LogP contribution in [0.5, 0.6) is 0 Å². The predicted octanol–water partition coefficient (Wildman–Crippen LogP) is 3.41. The van der Waals surface area contributed by atoms with Crippen molar-refractivity contribution in [2.75, 3.05) is 39.3 Å². The molecule has 5 rings (SSSR count). The minimum absolute atomic E-state index is 0.308. The van der Waals surface area contributed by atoms with Gasteiger partial charge in [-0.3, -0.25) is 14.6 Å². The number of amides is 1. The molecule has 2 aliphatic heterocycles. The van der Waals surface area contributed by atoms with Gasteiger partial charge in [-0.05, 0) is 41.5 Å². The standard InChI is InChI=1S/C25H31N3O/c29-25(28-15-13-27(14-16-28)24-7-4-8-24)19-26-12-11-22-17-21(9-10-23(22)18-26)20-5-2-1-3-6-20/h1-3,5-6,9-10,17,24H,4,7-8,11-16,18-19H2. The molecule has 2 heterocycles. The van der Waals surface area contributed by atoms with E-state index in [-0.39, 0.29) is 0 Å². The first-order valence-electron chi connectivity index (χ1n) is 11.2. The quantitative estimate of drug-likeness (QED) is 0.802. The first kappa shape index (κ1) is 18.8. The molecule has 1 saturated carbocycles. The second-order valence-corrected chi connectivity index (χ2v) is 8.81. The summed E-state index contributed by atoms with van der Waals surface area (Å²) < 4.78 is 0. The van der Waals surface area contributed by atoms with Crippen molar-refractivity contribution in [3.63, 3.8) is 0 Å². The number of hydrogen-bond acceptors (Lipinski definition) is 3. The Morgan fingerprint density at radius 3 is 2.38 bits per heavy atom. The van der Waals surface area contributed by atoms with Gasteiger partial charge in [0, 0.05) is 45.3 Å². The molecule has 4 heteroatoms. The van der Waals surface area contributed by atoms with Gasteiger partial charge in [-0.1, -0.05) is 55.0 Å². The second kappa shape index (κ2) is 8.29. The highest BCUT2D eigenvalue weighted by Crippen LogP contribution is 2.27. The lowest BCUT2D eigenvalue weighted by Gasteiger charge is -2.43. The Kier molecular flexibility index (Phi) is 5.38. The van der Waals surface area contributed by atoms with Crippen LogP contribution in [-0.2, 0) is 17.8 Å². The van der Waals surface area contributed by atoms with Crippen molar-refractivity contribution in [2.45, 2.75) is 38.3 Å². The molecule has 0 N–H and O–H groups in total. The number of benzene rings is 2. The number of carbonyl (C=O) groups is 1. The van der Waals surface area contributed by atoms with Crippen LogP contribution in [0.2, 0.25) is 0 Å². The van der Waals surface area contributed by atoms with Crippen molar-refractivity contribution in [3.05, 3.63) is 59.7 Å². The lowest BCUT2D eigenvalue weighted by molar-refractivity contribution is -0.135. The maximum atomic E-state index is 12.8. The number of fused-ring (bicyclic) bond motifs is 1. The van der Waals surface area contributed by atoms with Crippen molar-refractivity contribution in [1.29, 1.82) is 0 Å². The highest BCUT2D eigenvalue weighted by atomic mass is 16.2. The molecule has 0 spiro atoms. The third-order valence-corrected chi connectivity index (χ3v) is 7.02. The van der Waals surface area contributed by atoms with E-state index < -0.39 is 0 Å². The zero-order valence-corrected chi connectivity index (χ0v) is 17.2. The zero-order valence-electron chi connectivity index (χ0n) is 17.2. The van der Waals surface area contributed by atoms with E-state index in [1.54, 1.807) is 0 Å². The number of rotatable bonds is 4. The Morgan fingerprint density at radius 2 is 1.66 bits per heavy atom. The van der Waals surface area contributed by atoms with Gasteiger partial charge in [-0.2, -0.15) is 0 Å². The lowest BCUT2D eigenvalue weighted by atomic mass is 9.91. The maximum Gasteiger partial charge on any atom is 0.236 e. The number of piperazine rings is 1. The molecular formula is C25H31N3O. The monoisotopic (exact) mass is 389 g/mol. The fourth-order valence-electron chi connectivity index (χ4n) is 4.94. The van der Waals surface area contributed by atoms with Crippen LogP contribution in [-0.4, -0.2) is 65.9 Å². The molecule has 152 valence electrons. The minimum atomic E-state index is 0.308. The summed E-state index contributed by atoms with van der Waals surface area (Å²) in [5, 5.41) is 0. The number of carbonyl (C=O) groups excluding carboxylic acids is 1. The van der Waals surface area contributed by atoms with Gasteiger partial charge in [0.1, 0.15) is 0 Å². The Labute approximate surface area is 174 Å². The first-order chi connectivity index (χ1) is 14.3. The molecule has 0 atom stereocenters. The maximum absolute atomic E-state index is 12.8. The van der Waals surface area contributed by atoms with E-state index in [0.29, 0.717) is 12.5 Å². The highest BCUT2D eigenvalue weighted by molar-refractivity contribution is 5.78. The van der Waals surface area contributed by atoms with Crippen LogP contribution in [0.3, 0.4) is 0 Å². The van der Waals surface area contributed by atoms with E-state index in [1.807, 2.05) is 0 Å². The summed E-state index contributed by atoms with van der Waals surface area (Å²) in [6.45, 7) is 6.34. The van der Waals surface area contributed by atoms with Crippen molar-refractivity contribution < 1.29 is 4.79 Å². The average molecular weight is 390 g/mol. The molecule has 1 amide bonds. The van der Waals surface area contributed by atoms with Crippen LogP contribution in [0.25, 0.3) is 11.1 Å². The van der Waals surface area contributed by atoms with E-state index in [9.17, 15) is 4.79 Å². The summed E-state index contributed by atoms with van der Waals surface area (Å²) >= 11 is 0. The first-order valence-corrected chi connectivity index (χ1v) is 11.2. The molecular weight excluding hydrogens is 358 g/mol. The van der Waals surface area contributed by atoms with Crippen LogP contribution < -0.4 is 0 Å². The van der Waals surface area contributed by atoms with Crippen LogP contribution in [0.4, 0.5) is 0 Å². The molecule has 0 unspecified atom stereocenters. The summed E-state index contributed by atoms with van der Waals surface area (Å²) in [6, 6.07) is 18.2. The molecule has 1 aliphatic carbocycles. The molecule has 0 bridgehead atoms. The average Bonchev–Trinajstić information content (AvgIpc) is 2.73. The van der Waals surface area contributed by atoms with E-state index in [4.69, 9.17) is 0 Å². The Bertz CT molecular complexity index is 854. The summed E-state index contributed by atoms with van der Waals surface area (Å²) in [7, 11) is 0. The molecule has 0 radical (unpaired) electrons. The van der Waals surface area contributed by atoms with Gasteiger partial charge in [0.25, 0.3) is 0 Å². The summed E-state index contributed by atoms with van der Waals surface area (Å²) in [6.07, 6.45) is 5.12. The van der Waals surface area contributed by atoms with Crippen LogP contribution in [0.1, 0.15) is 30.4 Å². The lowest BCUT2D eigenvalue weighted by Crippen LogP contribution is -2.55. The van der Waals surface area contributed by atoms with Gasteiger partial charge in [-0.15, -0.1) is 0 Å². The number of nitrogens with zero attached hydrogens (tertiary/aromatic N) is 3. The van der Waals surface area contributed by atoms with E-state index in [1.165, 1.54) is 41.5 Å². The van der Waals surface area contributed by atoms with Crippen molar-refractivity contribution in [3.8, 4) is 11.1 Å². The van der Waals surface area contributed by atoms with Crippen LogP contribution >= 0.6 is 0 Å². The van der Waals surface area contributed by atoms with Crippen molar-refractivity contribution >= 4 is 5.91 Å². The van der Waals surface area contributed by atoms with Crippen LogP contribution in [0.15, 0.2) is 48.5 Å². The Morgan fingerprint density at radius 1 is 0.862 bits per heavy atom. The molecule has 3 aliphatic rings. The molecule has 2 aromatic rings. The van der Waals surface area contributed by atoms with E-state index in [0.717, 1.165) is 51.7 Å². The van der Waals surface area contributed by atoms with Crippen LogP contribution in [0, 0.1) is 0 Å². The predicted molar refractivity (Wildman–Crippen MR) is 117 cm³/mol. The molecule has 1 saturated heterocycles. The molecule has 2 aromatic carbocycles. The van der Waals surface area contributed by atoms with Crippen molar-refractivity contribution in [1.82, 2.24) is 14.7 Å². The van der Waals surface area contributed by atoms with Gasteiger partial charge < -0.3 is 4.90 Å². The summed E-state index contributed by atoms with van der Waals surface area (Å²) in [5.74, 6) is 0.308. The molecule has 4 nitrogen and oxygen atoms in total. The van der Waals surface area contributed by atoms with E-state index >= 15 is 0 Å². The van der Waals surface area contributed by atoms with Gasteiger partial charge in [0.15, 0.2) is 0 Å². The smallest absolute Gasteiger partial charge is 0.236 e. The summed E-state index contributed by atoms with van der Waals surface area (Å²) in [4.78, 5) is 19.8. The van der Waals surface area contributed by atoms with Gasteiger partial charge >= 0.3 is 0 Å². The fourth-order valence-corrected chi connectivity index (χ4v) is 4.94. The number of hydrogen-bond donors (Lipinski definition) is 0. The third-order valence-electron chi connectivity index (χ3n) is 7.02. The summed E-state index contributed by atoms with van der Waals surface area (Å²) in [5.41, 5.74) is 5.37. The fraction of sp³-hybridized carbons (Fsp3) is 0.480. The van der Waals surface area contributed by atoms with Gasteiger partial charge in [0.05, 0.1) is 6.54 Å². The molecule has 29 heavy (non-hydrogen) atoms. The zero-order chi connectivity index (χ0) is 19.6. The second-order valence-electron chi connectivity index (χ2n) is 8.81. The molecule has 2 fully saturated rings. The van der Waals surface area contributed by atoms with Crippen molar-refractivity contribution in [2.24, 2.45) is 0 Å².